The van der Waals surface area contributed by atoms with Crippen LogP contribution in [0, 0.1) is 3.57 Å². The molecule has 4 aromatic heterocycles. The molecule has 10 rings (SSSR count). The fourth-order valence-electron chi connectivity index (χ4n) is 6.10. The standard InChI is InChI=1S/C20H12BrNO.C14H9NO.C6H4BrI.2CH3I/c21-13-6-5-7-14(12-13)22-17-10-3-1-8-15(17)19-16-9-2-4-11-18(16)23-20(19)22;1-3-7-11-9(5-1)13-10-6-2-4-8-12(10)16-14(13)15-11;7-5-2-1-3-6(8)4-5;2*1-2/h1-12H;1-8,15H;1-4H;2*1H3. The molecule has 0 unspecified atom stereocenters. The summed E-state index contributed by atoms with van der Waals surface area (Å²) < 4.78 is 17.6. The van der Waals surface area contributed by atoms with Gasteiger partial charge in [-0.25, -0.2) is 0 Å². The van der Waals surface area contributed by atoms with E-state index in [1.54, 1.807) is 0 Å². The van der Waals surface area contributed by atoms with Gasteiger partial charge in [0, 0.05) is 39.6 Å². The van der Waals surface area contributed by atoms with Gasteiger partial charge in [-0.1, -0.05) is 162 Å². The zero-order chi connectivity index (χ0) is 35.9. The summed E-state index contributed by atoms with van der Waals surface area (Å²) in [6, 6.07) is 49.5. The number of hydrogen-bond donors (Lipinski definition) is 1. The van der Waals surface area contributed by atoms with Gasteiger partial charge in [-0.3, -0.25) is 4.57 Å². The van der Waals surface area contributed by atoms with Gasteiger partial charge < -0.3 is 13.8 Å². The third-order valence-electron chi connectivity index (χ3n) is 8.09. The van der Waals surface area contributed by atoms with Crippen LogP contribution in [0.2, 0.25) is 0 Å². The van der Waals surface area contributed by atoms with Crippen molar-refractivity contribution in [1.82, 2.24) is 9.55 Å². The first-order chi connectivity index (χ1) is 25.0. The molecule has 0 aliphatic rings. The summed E-state index contributed by atoms with van der Waals surface area (Å²) in [6.45, 7) is 0. The third kappa shape index (κ3) is 8.07. The van der Waals surface area contributed by atoms with Crippen molar-refractivity contribution in [3.05, 3.63) is 158 Å². The van der Waals surface area contributed by atoms with Crippen LogP contribution in [-0.2, 0) is 0 Å². The second kappa shape index (κ2) is 17.8. The van der Waals surface area contributed by atoms with Gasteiger partial charge in [-0.15, -0.1) is 0 Å². The zero-order valence-corrected chi connectivity index (χ0v) is 37.2. The molecule has 0 atom stereocenters. The van der Waals surface area contributed by atoms with Gasteiger partial charge in [0.2, 0.25) is 11.4 Å². The average Bonchev–Trinajstić information content (AvgIpc) is 3.91. The first-order valence-electron chi connectivity index (χ1n) is 15.8. The van der Waals surface area contributed by atoms with E-state index in [1.807, 2.05) is 70.5 Å². The van der Waals surface area contributed by atoms with Crippen molar-refractivity contribution in [3.63, 3.8) is 0 Å². The molecular formula is C42H31Br2I3N2O2. The second-order valence-corrected chi connectivity index (χ2v) is 14.1. The Morgan fingerprint density at radius 3 is 1.73 bits per heavy atom. The normalized spacial score (nSPS) is 10.6. The highest BCUT2D eigenvalue weighted by Gasteiger charge is 2.18. The fourth-order valence-corrected chi connectivity index (χ4v) is 7.86. The Morgan fingerprint density at radius 2 is 1.08 bits per heavy atom. The molecule has 4 nitrogen and oxygen atoms in total. The average molecular weight is 1140 g/mol. The van der Waals surface area contributed by atoms with E-state index in [4.69, 9.17) is 8.83 Å². The number of H-pyrrole nitrogens is 1. The van der Waals surface area contributed by atoms with E-state index >= 15 is 0 Å². The number of aromatic nitrogens is 2. The maximum absolute atomic E-state index is 6.21. The van der Waals surface area contributed by atoms with Gasteiger partial charge in [-0.2, -0.15) is 0 Å². The van der Waals surface area contributed by atoms with Crippen LogP contribution in [0.15, 0.2) is 163 Å². The Labute approximate surface area is 353 Å². The number of rotatable bonds is 1. The molecule has 0 amide bonds. The Kier molecular flexibility index (Phi) is 13.2. The van der Waals surface area contributed by atoms with Gasteiger partial charge in [0.05, 0.1) is 22.0 Å². The van der Waals surface area contributed by atoms with Crippen molar-refractivity contribution < 1.29 is 8.83 Å². The van der Waals surface area contributed by atoms with Gasteiger partial charge in [0.25, 0.3) is 0 Å². The summed E-state index contributed by atoms with van der Waals surface area (Å²) in [7, 11) is 0. The first kappa shape index (κ1) is 37.9. The lowest BCUT2D eigenvalue weighted by molar-refractivity contribution is 0.645. The molecule has 256 valence electrons. The number of furan rings is 2. The van der Waals surface area contributed by atoms with Crippen LogP contribution < -0.4 is 0 Å². The van der Waals surface area contributed by atoms with Crippen LogP contribution in [-0.4, -0.2) is 19.4 Å². The van der Waals surface area contributed by atoms with E-state index in [9.17, 15) is 0 Å². The number of alkyl halides is 2. The number of hydrogen-bond acceptors (Lipinski definition) is 2. The topological polar surface area (TPSA) is 47.0 Å². The van der Waals surface area contributed by atoms with Crippen molar-refractivity contribution in [3.8, 4) is 5.69 Å². The Morgan fingerprint density at radius 1 is 0.529 bits per heavy atom. The third-order valence-corrected chi connectivity index (χ3v) is 9.74. The molecule has 0 bridgehead atoms. The minimum atomic E-state index is 0.863. The number of benzene rings is 6. The second-order valence-electron chi connectivity index (χ2n) is 11.0. The van der Waals surface area contributed by atoms with Crippen LogP contribution in [0.5, 0.6) is 0 Å². The van der Waals surface area contributed by atoms with E-state index in [0.717, 1.165) is 53.6 Å². The lowest BCUT2D eigenvalue weighted by Gasteiger charge is -2.06. The molecule has 9 heteroatoms. The van der Waals surface area contributed by atoms with Crippen molar-refractivity contribution in [2.75, 3.05) is 9.86 Å². The molecule has 0 aliphatic carbocycles. The minimum Gasteiger partial charge on any atom is -0.440 e. The van der Waals surface area contributed by atoms with Crippen LogP contribution in [0.3, 0.4) is 0 Å². The maximum Gasteiger partial charge on any atom is 0.213 e. The molecule has 0 fully saturated rings. The molecule has 6 aromatic carbocycles. The predicted octanol–water partition coefficient (Wildman–Crippen LogP) is 15.5. The largest absolute Gasteiger partial charge is 0.440 e. The Bertz CT molecular complexity index is 2630. The number of halogens is 5. The highest BCUT2D eigenvalue weighted by Crippen LogP contribution is 2.39. The van der Waals surface area contributed by atoms with Crippen molar-refractivity contribution >= 4 is 166 Å². The number of aromatic amines is 1. The van der Waals surface area contributed by atoms with Crippen LogP contribution >= 0.6 is 99.6 Å². The van der Waals surface area contributed by atoms with E-state index in [2.05, 4.69) is 194 Å². The Balaban J connectivity index is 0.000000139. The van der Waals surface area contributed by atoms with Crippen molar-refractivity contribution in [2.24, 2.45) is 0 Å². The molecule has 1 N–H and O–H groups in total. The fraction of sp³-hybridized carbons (Fsp3) is 0.0476. The zero-order valence-electron chi connectivity index (χ0n) is 27.5. The van der Waals surface area contributed by atoms with Gasteiger partial charge in [0.1, 0.15) is 11.2 Å². The molecule has 0 spiro atoms. The van der Waals surface area contributed by atoms with Gasteiger partial charge in [-0.05, 0) is 93.1 Å². The molecular weight excluding hydrogens is 1100 g/mol. The summed E-state index contributed by atoms with van der Waals surface area (Å²) in [5, 5.41) is 7.14. The quantitative estimate of drug-likeness (QED) is 0.132. The summed E-state index contributed by atoms with van der Waals surface area (Å²) in [5.41, 5.74) is 6.99. The van der Waals surface area contributed by atoms with Gasteiger partial charge in [0.15, 0.2) is 0 Å². The van der Waals surface area contributed by atoms with Crippen molar-refractivity contribution in [1.29, 1.82) is 0 Å². The van der Waals surface area contributed by atoms with Crippen LogP contribution in [0.4, 0.5) is 0 Å². The number of para-hydroxylation sites is 4. The smallest absolute Gasteiger partial charge is 0.213 e. The van der Waals surface area contributed by atoms with Crippen LogP contribution in [0.25, 0.3) is 71.6 Å². The number of nitrogens with zero attached hydrogens (tertiary/aromatic N) is 1. The van der Waals surface area contributed by atoms with Gasteiger partial charge >= 0.3 is 0 Å². The molecule has 10 aromatic rings. The highest BCUT2D eigenvalue weighted by molar-refractivity contribution is 14.1. The SMILES string of the molecule is Brc1cccc(-n2c3ccccc3c3c4ccccc4oc32)c1.Brc1cccc(I)c1.CI.CI.c1ccc2c(c1)[nH]c1oc3ccccc3c12. The first-order valence-corrected chi connectivity index (χ1v) is 22.7. The van der Waals surface area contributed by atoms with E-state index in [-0.39, 0.29) is 0 Å². The molecule has 0 radical (unpaired) electrons. The monoisotopic (exact) mass is 1130 g/mol. The van der Waals surface area contributed by atoms with Crippen molar-refractivity contribution in [2.45, 2.75) is 0 Å². The van der Waals surface area contributed by atoms with E-state index in [1.165, 1.54) is 30.5 Å². The summed E-state index contributed by atoms with van der Waals surface area (Å²) in [5.74, 6) is 0. The Hall–Kier alpha value is -2.85. The highest BCUT2D eigenvalue weighted by atomic mass is 127. The molecule has 51 heavy (non-hydrogen) atoms. The van der Waals surface area contributed by atoms with E-state index < -0.39 is 0 Å². The van der Waals surface area contributed by atoms with E-state index in [0.29, 0.717) is 0 Å². The summed E-state index contributed by atoms with van der Waals surface area (Å²) in [6.07, 6.45) is 0. The number of nitrogens with one attached hydrogen (secondary N) is 1. The lowest BCUT2D eigenvalue weighted by atomic mass is 10.1. The number of fused-ring (bicyclic) bond motifs is 10. The summed E-state index contributed by atoms with van der Waals surface area (Å²) in [4.78, 5) is 7.24. The summed E-state index contributed by atoms with van der Waals surface area (Å²) >= 11 is 13.5. The lowest BCUT2D eigenvalue weighted by Crippen LogP contribution is -1.92. The molecule has 4 heterocycles. The molecule has 0 saturated carbocycles. The molecule has 0 saturated heterocycles. The maximum atomic E-state index is 6.21. The predicted molar refractivity (Wildman–Crippen MR) is 251 cm³/mol. The van der Waals surface area contributed by atoms with Crippen LogP contribution in [0.1, 0.15) is 0 Å². The molecule has 0 aliphatic heterocycles. The minimum absolute atomic E-state index is 0.863.